The molecule has 23 heavy (non-hydrogen) atoms. The van der Waals surface area contributed by atoms with Crippen LogP contribution in [0.3, 0.4) is 0 Å². The predicted molar refractivity (Wildman–Crippen MR) is 94.5 cm³/mol. The lowest BCUT2D eigenvalue weighted by atomic mass is 10.0. The van der Waals surface area contributed by atoms with Crippen molar-refractivity contribution in [1.82, 2.24) is 5.32 Å². The first kappa shape index (κ1) is 22.1. The Labute approximate surface area is 142 Å². The van der Waals surface area contributed by atoms with Crippen molar-refractivity contribution >= 4 is 16.0 Å². The first-order chi connectivity index (χ1) is 10.8. The number of carbonyl (C=O) groups excluding carboxylic acids is 1. The molecule has 0 saturated heterocycles. The molecule has 0 radical (unpaired) electrons. The molecule has 0 rings (SSSR count). The molecule has 1 unspecified atom stereocenters. The van der Waals surface area contributed by atoms with Crippen LogP contribution in [0.5, 0.6) is 0 Å². The quantitative estimate of drug-likeness (QED) is 0.294. The molecule has 0 saturated carbocycles. The summed E-state index contributed by atoms with van der Waals surface area (Å²) in [7, 11) is -3.86. The molecule has 0 spiro atoms. The number of unbranched alkanes of at least 4 members (excludes halogenated alkanes) is 7. The number of hydrogen-bond donors (Lipinski definition) is 1. The average molecular weight is 348 g/mol. The van der Waals surface area contributed by atoms with E-state index in [1.54, 1.807) is 6.92 Å². The van der Waals surface area contributed by atoms with Crippen LogP contribution in [0.4, 0.5) is 0 Å². The van der Waals surface area contributed by atoms with Gasteiger partial charge >= 0.3 is 0 Å². The lowest BCUT2D eigenvalue weighted by molar-refractivity contribution is -0.117. The van der Waals surface area contributed by atoms with Crippen LogP contribution in [0.25, 0.3) is 0 Å². The van der Waals surface area contributed by atoms with Crippen LogP contribution in [0.2, 0.25) is 0 Å². The third-order valence-electron chi connectivity index (χ3n) is 3.91. The molecule has 1 amide bonds. The highest BCUT2D eigenvalue weighted by molar-refractivity contribution is 7.88. The smallest absolute Gasteiger partial charge is 0.291 e. The minimum atomic E-state index is -3.86. The first-order valence-corrected chi connectivity index (χ1v) is 10.1. The summed E-state index contributed by atoms with van der Waals surface area (Å²) in [6.45, 7) is 8.73. The number of carbonyl (C=O) groups is 1. The summed E-state index contributed by atoms with van der Waals surface area (Å²) in [4.78, 5) is 10.2. The van der Waals surface area contributed by atoms with Crippen LogP contribution in [0.1, 0.15) is 78.6 Å². The van der Waals surface area contributed by atoms with E-state index in [1.807, 2.05) is 0 Å². The van der Waals surface area contributed by atoms with Gasteiger partial charge in [0.05, 0.1) is 6.61 Å². The third kappa shape index (κ3) is 8.51. The highest BCUT2D eigenvalue weighted by Gasteiger charge is 2.40. The molecule has 5 nitrogen and oxygen atoms in total. The maximum Gasteiger partial charge on any atom is 0.291 e. The van der Waals surface area contributed by atoms with E-state index in [0.29, 0.717) is 6.42 Å². The fourth-order valence-electron chi connectivity index (χ4n) is 2.44. The van der Waals surface area contributed by atoms with E-state index in [0.717, 1.165) is 25.3 Å². The molecule has 6 heteroatoms. The first-order valence-electron chi connectivity index (χ1n) is 8.66. The fraction of sp³-hybridized carbons (Fsp3) is 0.824. The van der Waals surface area contributed by atoms with Gasteiger partial charge < -0.3 is 5.32 Å². The van der Waals surface area contributed by atoms with Gasteiger partial charge in [0.2, 0.25) is 5.91 Å². The summed E-state index contributed by atoms with van der Waals surface area (Å²) >= 11 is 0. The van der Waals surface area contributed by atoms with Gasteiger partial charge in [0.15, 0.2) is 4.87 Å². The minimum absolute atomic E-state index is 0.0549. The molecule has 0 heterocycles. The largest absolute Gasteiger partial charge is 0.332 e. The molecule has 1 N–H and O–H groups in total. The van der Waals surface area contributed by atoms with Crippen molar-refractivity contribution in [3.8, 4) is 0 Å². The van der Waals surface area contributed by atoms with Crippen LogP contribution in [-0.2, 0) is 19.1 Å². The van der Waals surface area contributed by atoms with Crippen molar-refractivity contribution in [2.75, 3.05) is 6.61 Å². The monoisotopic (exact) mass is 347 g/mol. The normalized spacial score (nSPS) is 14.2. The van der Waals surface area contributed by atoms with Gasteiger partial charge in [-0.1, -0.05) is 58.4 Å². The van der Waals surface area contributed by atoms with Crippen LogP contribution in [0, 0.1) is 0 Å². The van der Waals surface area contributed by atoms with E-state index in [-0.39, 0.29) is 6.61 Å². The molecule has 0 aromatic rings. The Morgan fingerprint density at radius 3 is 2.09 bits per heavy atom. The van der Waals surface area contributed by atoms with Crippen LogP contribution in [-0.4, -0.2) is 25.8 Å². The zero-order chi connectivity index (χ0) is 17.8. The highest BCUT2D eigenvalue weighted by Crippen LogP contribution is 2.24. The topological polar surface area (TPSA) is 72.5 Å². The van der Waals surface area contributed by atoms with E-state index in [2.05, 4.69) is 18.8 Å². The molecular formula is C17H33NO4S. The average Bonchev–Trinajstić information content (AvgIpc) is 2.49. The standard InChI is InChI=1S/C17H33NO4S/c1-5-8-9-10-11-12-13-14-15-17(4,18-16(19)6-2)23(20,21)22-7-3/h6H,2,5,7-15H2,1,3-4H3,(H,18,19). The second-order valence-corrected chi connectivity index (χ2v) is 8.05. The summed E-state index contributed by atoms with van der Waals surface area (Å²) in [6, 6.07) is 0. The number of amides is 1. The van der Waals surface area contributed by atoms with Gasteiger partial charge in [-0.3, -0.25) is 8.98 Å². The predicted octanol–water partition coefficient (Wildman–Crippen LogP) is 3.90. The van der Waals surface area contributed by atoms with Gasteiger partial charge in [-0.25, -0.2) is 0 Å². The van der Waals surface area contributed by atoms with Crippen molar-refractivity contribution in [2.24, 2.45) is 0 Å². The van der Waals surface area contributed by atoms with Crippen molar-refractivity contribution in [3.05, 3.63) is 12.7 Å². The Bertz CT molecular complexity index is 448. The third-order valence-corrected chi connectivity index (χ3v) is 5.86. The SMILES string of the molecule is C=CC(=O)NC(C)(CCCCCCCCCC)S(=O)(=O)OCC. The number of hydrogen-bond acceptors (Lipinski definition) is 4. The maximum absolute atomic E-state index is 12.3. The second kappa shape index (κ2) is 11.6. The minimum Gasteiger partial charge on any atom is -0.332 e. The van der Waals surface area contributed by atoms with Gasteiger partial charge in [-0.15, -0.1) is 0 Å². The Hall–Kier alpha value is -0.880. The molecule has 136 valence electrons. The van der Waals surface area contributed by atoms with Crippen molar-refractivity contribution in [3.63, 3.8) is 0 Å². The lowest BCUT2D eigenvalue weighted by Gasteiger charge is -2.29. The summed E-state index contributed by atoms with van der Waals surface area (Å²) < 4.78 is 29.4. The summed E-state index contributed by atoms with van der Waals surface area (Å²) in [5.41, 5.74) is 0. The van der Waals surface area contributed by atoms with Crippen molar-refractivity contribution in [1.29, 1.82) is 0 Å². The van der Waals surface area contributed by atoms with E-state index in [9.17, 15) is 13.2 Å². The summed E-state index contributed by atoms with van der Waals surface area (Å²) in [5.74, 6) is -0.504. The van der Waals surface area contributed by atoms with E-state index >= 15 is 0 Å². The van der Waals surface area contributed by atoms with Crippen LogP contribution < -0.4 is 5.32 Å². The molecule has 1 atom stereocenters. The van der Waals surface area contributed by atoms with E-state index < -0.39 is 20.9 Å². The molecule has 0 aromatic heterocycles. The summed E-state index contributed by atoms with van der Waals surface area (Å²) in [5, 5.41) is 2.52. The Morgan fingerprint density at radius 1 is 1.09 bits per heavy atom. The Balaban J connectivity index is 4.44. The summed E-state index contributed by atoms with van der Waals surface area (Å²) in [6.07, 6.45) is 10.4. The molecular weight excluding hydrogens is 314 g/mol. The van der Waals surface area contributed by atoms with Gasteiger partial charge in [0.25, 0.3) is 10.1 Å². The van der Waals surface area contributed by atoms with Gasteiger partial charge in [-0.05, 0) is 32.8 Å². The Kier molecular flexibility index (Phi) is 11.2. The zero-order valence-electron chi connectivity index (χ0n) is 14.9. The molecule has 0 fully saturated rings. The maximum atomic E-state index is 12.3. The van der Waals surface area contributed by atoms with Crippen LogP contribution >= 0.6 is 0 Å². The lowest BCUT2D eigenvalue weighted by Crippen LogP contribution is -2.52. The molecule has 0 aromatic carbocycles. The molecule has 0 aliphatic heterocycles. The van der Waals surface area contributed by atoms with Crippen molar-refractivity contribution in [2.45, 2.75) is 83.4 Å². The fourth-order valence-corrected chi connectivity index (χ4v) is 3.63. The number of nitrogens with one attached hydrogen (secondary N) is 1. The van der Waals surface area contributed by atoms with Crippen LogP contribution in [0.15, 0.2) is 12.7 Å². The van der Waals surface area contributed by atoms with Gasteiger partial charge in [-0.2, -0.15) is 8.42 Å². The highest BCUT2D eigenvalue weighted by atomic mass is 32.2. The number of rotatable bonds is 14. The van der Waals surface area contributed by atoms with Gasteiger partial charge in [0, 0.05) is 0 Å². The zero-order valence-corrected chi connectivity index (χ0v) is 15.7. The van der Waals surface area contributed by atoms with Gasteiger partial charge in [0.1, 0.15) is 0 Å². The van der Waals surface area contributed by atoms with E-state index in [4.69, 9.17) is 4.18 Å². The second-order valence-electron chi connectivity index (χ2n) is 6.01. The van der Waals surface area contributed by atoms with Crippen molar-refractivity contribution < 1.29 is 17.4 Å². The Morgan fingerprint density at radius 2 is 1.61 bits per heavy atom. The van der Waals surface area contributed by atoms with E-state index in [1.165, 1.54) is 39.0 Å². The molecule has 0 aliphatic rings. The molecule has 0 bridgehead atoms. The molecule has 0 aliphatic carbocycles.